The molecule has 0 fully saturated rings. The van der Waals surface area contributed by atoms with Crippen LogP contribution in [-0.2, 0) is 0 Å². The maximum Gasteiger partial charge on any atom is 0.319 e. The van der Waals surface area contributed by atoms with Gasteiger partial charge in [0.2, 0.25) is 0 Å². The summed E-state index contributed by atoms with van der Waals surface area (Å²) in [5.41, 5.74) is 1.70. The van der Waals surface area contributed by atoms with E-state index in [0.717, 1.165) is 16.2 Å². The first-order valence-electron chi connectivity index (χ1n) is 7.10. The summed E-state index contributed by atoms with van der Waals surface area (Å²) in [4.78, 5) is 12.7. The van der Waals surface area contributed by atoms with Gasteiger partial charge in [-0.25, -0.2) is 4.79 Å². The Morgan fingerprint density at radius 1 is 1.32 bits per heavy atom. The molecule has 0 saturated heterocycles. The number of thiophene rings is 1. The van der Waals surface area contributed by atoms with Gasteiger partial charge in [-0.3, -0.25) is 0 Å². The molecule has 1 atom stereocenters. The molecule has 2 aromatic rings. The largest absolute Gasteiger partial charge is 0.494 e. The zero-order chi connectivity index (χ0) is 15.9. The maximum atomic E-state index is 11.8. The van der Waals surface area contributed by atoms with Gasteiger partial charge < -0.3 is 20.5 Å². The number of hydrogen-bond donors (Lipinski definition) is 3. The number of carbonyl (C=O) groups is 1. The summed E-state index contributed by atoms with van der Waals surface area (Å²) in [6, 6.07) is 8.72. The first kappa shape index (κ1) is 16.3. The molecular weight excluding hydrogens is 300 g/mol. The number of carbonyl (C=O) groups excluding carboxylic acids is 1. The van der Waals surface area contributed by atoms with Crippen molar-refractivity contribution in [2.45, 2.75) is 20.0 Å². The Labute approximate surface area is 133 Å². The molecule has 3 N–H and O–H groups in total. The molecule has 1 aromatic heterocycles. The van der Waals surface area contributed by atoms with Gasteiger partial charge >= 0.3 is 6.03 Å². The topological polar surface area (TPSA) is 70.6 Å². The van der Waals surface area contributed by atoms with Crippen molar-refractivity contribution in [2.24, 2.45) is 0 Å². The van der Waals surface area contributed by atoms with Crippen molar-refractivity contribution >= 4 is 23.1 Å². The van der Waals surface area contributed by atoms with E-state index in [-0.39, 0.29) is 12.6 Å². The zero-order valence-corrected chi connectivity index (χ0v) is 13.4. The molecular formula is C16H20N2O3S. The first-order valence-corrected chi connectivity index (χ1v) is 7.98. The van der Waals surface area contributed by atoms with Crippen LogP contribution in [0.5, 0.6) is 5.75 Å². The van der Waals surface area contributed by atoms with Gasteiger partial charge in [0.25, 0.3) is 0 Å². The number of aliphatic hydroxyl groups excluding tert-OH is 1. The summed E-state index contributed by atoms with van der Waals surface area (Å²) in [6.07, 6.45) is -0.689. The molecule has 1 unspecified atom stereocenters. The highest BCUT2D eigenvalue weighted by Gasteiger charge is 2.13. The average molecular weight is 320 g/mol. The molecule has 22 heavy (non-hydrogen) atoms. The molecule has 0 saturated carbocycles. The van der Waals surface area contributed by atoms with Gasteiger partial charge in [0.1, 0.15) is 11.9 Å². The van der Waals surface area contributed by atoms with Crippen LogP contribution in [0.2, 0.25) is 0 Å². The van der Waals surface area contributed by atoms with E-state index in [2.05, 4.69) is 10.6 Å². The fourth-order valence-electron chi connectivity index (χ4n) is 1.98. The summed E-state index contributed by atoms with van der Waals surface area (Å²) in [6.45, 7) is 4.63. The number of aryl methyl sites for hydroxylation is 1. The van der Waals surface area contributed by atoms with Crippen molar-refractivity contribution in [1.82, 2.24) is 5.32 Å². The molecule has 0 spiro atoms. The summed E-state index contributed by atoms with van der Waals surface area (Å²) in [5.74, 6) is 0.761. The molecule has 118 valence electrons. The summed E-state index contributed by atoms with van der Waals surface area (Å²) in [7, 11) is 0. The SMILES string of the molecule is CCOc1ccc(NC(=O)NCC(O)c2sccc2C)cc1. The van der Waals surface area contributed by atoms with Gasteiger partial charge in [-0.05, 0) is 55.1 Å². The smallest absolute Gasteiger partial charge is 0.319 e. The Morgan fingerprint density at radius 2 is 2.05 bits per heavy atom. The van der Waals surface area contributed by atoms with Crippen LogP contribution in [0.3, 0.4) is 0 Å². The van der Waals surface area contributed by atoms with Crippen LogP contribution in [0.4, 0.5) is 10.5 Å². The molecule has 1 heterocycles. The fraction of sp³-hybridized carbons (Fsp3) is 0.312. The lowest BCUT2D eigenvalue weighted by atomic mass is 10.2. The monoisotopic (exact) mass is 320 g/mol. The molecule has 2 rings (SSSR count). The van der Waals surface area contributed by atoms with Crippen LogP contribution in [0.1, 0.15) is 23.5 Å². The number of anilines is 1. The minimum absolute atomic E-state index is 0.171. The maximum absolute atomic E-state index is 11.8. The van der Waals surface area contributed by atoms with E-state index >= 15 is 0 Å². The number of aliphatic hydroxyl groups is 1. The third-order valence-electron chi connectivity index (χ3n) is 3.08. The zero-order valence-electron chi connectivity index (χ0n) is 12.6. The first-order chi connectivity index (χ1) is 10.6. The van der Waals surface area contributed by atoms with Crippen LogP contribution in [-0.4, -0.2) is 24.3 Å². The number of amides is 2. The predicted octanol–water partition coefficient (Wildman–Crippen LogP) is 3.31. The highest BCUT2D eigenvalue weighted by molar-refractivity contribution is 7.10. The number of ether oxygens (including phenoxy) is 1. The number of benzene rings is 1. The van der Waals surface area contributed by atoms with Crippen LogP contribution >= 0.6 is 11.3 Å². The Bertz CT molecular complexity index is 610. The molecule has 0 aliphatic rings. The summed E-state index contributed by atoms with van der Waals surface area (Å²) >= 11 is 1.48. The van der Waals surface area contributed by atoms with Crippen molar-refractivity contribution in [3.05, 3.63) is 46.2 Å². The molecule has 0 aliphatic heterocycles. The normalized spacial score (nSPS) is 11.8. The summed E-state index contributed by atoms with van der Waals surface area (Å²) < 4.78 is 5.34. The van der Waals surface area contributed by atoms with Crippen molar-refractivity contribution in [2.75, 3.05) is 18.5 Å². The van der Waals surface area contributed by atoms with E-state index in [1.54, 1.807) is 24.3 Å². The minimum Gasteiger partial charge on any atom is -0.494 e. The van der Waals surface area contributed by atoms with E-state index in [0.29, 0.717) is 12.3 Å². The third-order valence-corrected chi connectivity index (χ3v) is 4.20. The van der Waals surface area contributed by atoms with Gasteiger partial charge in [-0.1, -0.05) is 0 Å². The Hall–Kier alpha value is -2.05. The molecule has 1 aromatic carbocycles. The van der Waals surface area contributed by atoms with Crippen molar-refractivity contribution in [1.29, 1.82) is 0 Å². The van der Waals surface area contributed by atoms with E-state index in [1.165, 1.54) is 11.3 Å². The van der Waals surface area contributed by atoms with E-state index < -0.39 is 6.10 Å². The molecule has 0 aliphatic carbocycles. The fourth-order valence-corrected chi connectivity index (χ4v) is 2.90. The van der Waals surface area contributed by atoms with Crippen LogP contribution in [0, 0.1) is 6.92 Å². The highest BCUT2D eigenvalue weighted by atomic mass is 32.1. The minimum atomic E-state index is -0.689. The molecule has 2 amide bonds. The van der Waals surface area contributed by atoms with Crippen LogP contribution in [0.15, 0.2) is 35.7 Å². The van der Waals surface area contributed by atoms with Gasteiger partial charge in [0.05, 0.1) is 13.2 Å². The number of urea groups is 1. The van der Waals surface area contributed by atoms with Gasteiger partial charge in [-0.15, -0.1) is 11.3 Å². The highest BCUT2D eigenvalue weighted by Crippen LogP contribution is 2.23. The van der Waals surface area contributed by atoms with E-state index in [1.807, 2.05) is 25.3 Å². The van der Waals surface area contributed by atoms with Crippen LogP contribution in [0.25, 0.3) is 0 Å². The molecule has 0 radical (unpaired) electrons. The second kappa shape index (κ2) is 7.82. The average Bonchev–Trinajstić information content (AvgIpc) is 2.93. The third kappa shape index (κ3) is 4.47. The van der Waals surface area contributed by atoms with Gasteiger partial charge in [0, 0.05) is 10.6 Å². The Balaban J connectivity index is 1.81. The Morgan fingerprint density at radius 3 is 2.64 bits per heavy atom. The second-order valence-corrected chi connectivity index (χ2v) is 5.72. The lowest BCUT2D eigenvalue weighted by Gasteiger charge is -2.12. The van der Waals surface area contributed by atoms with Crippen molar-refractivity contribution in [3.63, 3.8) is 0 Å². The van der Waals surface area contributed by atoms with Gasteiger partial charge in [-0.2, -0.15) is 0 Å². The second-order valence-electron chi connectivity index (χ2n) is 4.78. The lowest BCUT2D eigenvalue weighted by Crippen LogP contribution is -2.32. The number of rotatable bonds is 6. The molecule has 6 heteroatoms. The lowest BCUT2D eigenvalue weighted by molar-refractivity contribution is 0.178. The van der Waals surface area contributed by atoms with Gasteiger partial charge in [0.15, 0.2) is 0 Å². The van der Waals surface area contributed by atoms with E-state index in [4.69, 9.17) is 4.74 Å². The quantitative estimate of drug-likeness (QED) is 0.765. The van der Waals surface area contributed by atoms with Crippen LogP contribution < -0.4 is 15.4 Å². The molecule has 5 nitrogen and oxygen atoms in total. The summed E-state index contributed by atoms with van der Waals surface area (Å²) in [5, 5.41) is 17.4. The van der Waals surface area contributed by atoms with Crippen molar-refractivity contribution < 1.29 is 14.6 Å². The standard InChI is InChI=1S/C16H20N2O3S/c1-3-21-13-6-4-12(5-7-13)18-16(20)17-10-14(19)15-11(2)8-9-22-15/h4-9,14,19H,3,10H2,1-2H3,(H2,17,18,20). The predicted molar refractivity (Wildman–Crippen MR) is 88.6 cm³/mol. The van der Waals surface area contributed by atoms with E-state index in [9.17, 15) is 9.90 Å². The Kier molecular flexibility index (Phi) is 5.80. The number of hydrogen-bond acceptors (Lipinski definition) is 4. The molecule has 0 bridgehead atoms. The number of nitrogens with one attached hydrogen (secondary N) is 2. The van der Waals surface area contributed by atoms with Crippen molar-refractivity contribution in [3.8, 4) is 5.75 Å².